The Bertz CT molecular complexity index is 148. The molecular weight excluding hydrogens is 296 g/mol. The van der Waals surface area contributed by atoms with Gasteiger partial charge in [-0.3, -0.25) is 0 Å². The summed E-state index contributed by atoms with van der Waals surface area (Å²) in [6.07, 6.45) is 0.815. The number of carbonyl (C=O) groups excluding carboxylic acids is 1. The Morgan fingerprint density at radius 1 is 1.70 bits per heavy atom. The van der Waals surface area contributed by atoms with Crippen molar-refractivity contribution in [1.29, 1.82) is 0 Å². The number of halogens is 1. The summed E-state index contributed by atoms with van der Waals surface area (Å²) in [5.41, 5.74) is 0. The fourth-order valence-electron chi connectivity index (χ4n) is 0.274. The SMILES string of the molecule is COC(=O)C#CC[CH2][Zn+].[I-]. The predicted octanol–water partition coefficient (Wildman–Crippen LogP) is -2.48. The third kappa shape index (κ3) is 8.38. The molecule has 0 aromatic rings. The Kier molecular flexibility index (Phi) is 12.2. The molecule has 52 valence electrons. The molecule has 2 nitrogen and oxygen atoms in total. The van der Waals surface area contributed by atoms with Gasteiger partial charge in [-0.25, -0.2) is 0 Å². The maximum Gasteiger partial charge on any atom is -1.00 e. The molecule has 0 rings (SSSR count). The fraction of sp³-hybridized carbons (Fsp3) is 0.500. The van der Waals surface area contributed by atoms with Crippen molar-refractivity contribution in [2.45, 2.75) is 11.4 Å². The van der Waals surface area contributed by atoms with E-state index >= 15 is 0 Å². The monoisotopic (exact) mass is 302 g/mol. The second-order valence-electron chi connectivity index (χ2n) is 1.40. The minimum atomic E-state index is -0.441. The molecule has 0 aromatic carbocycles. The van der Waals surface area contributed by atoms with E-state index in [4.69, 9.17) is 0 Å². The van der Waals surface area contributed by atoms with E-state index in [0.717, 1.165) is 11.4 Å². The van der Waals surface area contributed by atoms with E-state index in [2.05, 4.69) is 16.6 Å². The molecule has 0 amide bonds. The van der Waals surface area contributed by atoms with Crippen molar-refractivity contribution in [1.82, 2.24) is 0 Å². The van der Waals surface area contributed by atoms with Crippen molar-refractivity contribution in [3.05, 3.63) is 0 Å². The molecule has 0 aliphatic rings. The molecule has 0 spiro atoms. The zero-order valence-corrected chi connectivity index (χ0v) is 10.9. The van der Waals surface area contributed by atoms with Crippen molar-refractivity contribution in [2.24, 2.45) is 0 Å². The van der Waals surface area contributed by atoms with Gasteiger partial charge < -0.3 is 24.0 Å². The van der Waals surface area contributed by atoms with Gasteiger partial charge in [0.15, 0.2) is 0 Å². The maximum atomic E-state index is 10.3. The largest absolute Gasteiger partial charge is 1.00 e. The van der Waals surface area contributed by atoms with Crippen LogP contribution in [0.2, 0.25) is 5.02 Å². The molecular formula is C6H7IO2Zn. The van der Waals surface area contributed by atoms with Crippen LogP contribution in [0, 0.1) is 11.8 Å². The topological polar surface area (TPSA) is 26.3 Å². The molecule has 0 unspecified atom stereocenters. The van der Waals surface area contributed by atoms with Crippen LogP contribution < -0.4 is 24.0 Å². The summed E-state index contributed by atoms with van der Waals surface area (Å²) in [5.74, 6) is 4.59. The molecule has 0 fully saturated rings. The molecule has 4 heteroatoms. The average molecular weight is 303 g/mol. The molecule has 0 N–H and O–H groups in total. The number of methoxy groups -OCH3 is 1. The normalized spacial score (nSPS) is 6.70. The summed E-state index contributed by atoms with van der Waals surface area (Å²) in [5, 5.41) is 1.10. The van der Waals surface area contributed by atoms with Crippen LogP contribution in [-0.4, -0.2) is 13.1 Å². The molecule has 0 radical (unpaired) electrons. The van der Waals surface area contributed by atoms with E-state index in [1.54, 1.807) is 0 Å². The van der Waals surface area contributed by atoms with Crippen molar-refractivity contribution in [3.8, 4) is 11.8 Å². The zero-order valence-electron chi connectivity index (χ0n) is 5.82. The van der Waals surface area contributed by atoms with Gasteiger partial charge in [0.25, 0.3) is 0 Å². The van der Waals surface area contributed by atoms with Gasteiger partial charge >= 0.3 is 64.2 Å². The summed E-state index contributed by atoms with van der Waals surface area (Å²) in [6, 6.07) is 0. The molecule has 0 aliphatic carbocycles. The van der Waals surface area contributed by atoms with E-state index in [-0.39, 0.29) is 24.0 Å². The zero-order chi connectivity index (χ0) is 7.11. The molecule has 0 heterocycles. The molecule has 0 saturated carbocycles. The molecule has 10 heavy (non-hydrogen) atoms. The van der Waals surface area contributed by atoms with E-state index in [1.165, 1.54) is 25.4 Å². The van der Waals surface area contributed by atoms with Crippen molar-refractivity contribution < 1.29 is 51.8 Å². The molecule has 0 bridgehead atoms. The van der Waals surface area contributed by atoms with E-state index in [9.17, 15) is 4.79 Å². The summed E-state index contributed by atoms with van der Waals surface area (Å²) in [6.45, 7) is 0. The smallest absolute Gasteiger partial charge is 1.00 e. The van der Waals surface area contributed by atoms with E-state index < -0.39 is 5.97 Å². The Morgan fingerprint density at radius 2 is 2.30 bits per heavy atom. The Labute approximate surface area is 87.8 Å². The van der Waals surface area contributed by atoms with Gasteiger partial charge in [-0.05, 0) is 0 Å². The summed E-state index contributed by atoms with van der Waals surface area (Å²) >= 11 is 1.23. The maximum absolute atomic E-state index is 10.3. The number of hydrogen-bond donors (Lipinski definition) is 0. The number of carbonyl (C=O) groups is 1. The summed E-state index contributed by atoms with van der Waals surface area (Å²) in [4.78, 5) is 10.3. The Morgan fingerprint density at radius 3 is 2.70 bits per heavy atom. The minimum absolute atomic E-state index is 0. The molecule has 0 aromatic heterocycles. The van der Waals surface area contributed by atoms with Crippen LogP contribution in [0.15, 0.2) is 0 Å². The van der Waals surface area contributed by atoms with Gasteiger partial charge in [-0.1, -0.05) is 0 Å². The van der Waals surface area contributed by atoms with Gasteiger partial charge in [0, 0.05) is 0 Å². The van der Waals surface area contributed by atoms with Crippen LogP contribution in [0.5, 0.6) is 0 Å². The minimum Gasteiger partial charge on any atom is -1.00 e. The summed E-state index contributed by atoms with van der Waals surface area (Å²) in [7, 11) is 1.33. The number of hydrogen-bond acceptors (Lipinski definition) is 2. The number of ether oxygens (including phenoxy) is 1. The van der Waals surface area contributed by atoms with Gasteiger partial charge in [0.05, 0.1) is 0 Å². The second-order valence-corrected chi connectivity index (χ2v) is 2.88. The Balaban J connectivity index is 0. The molecule has 0 saturated heterocycles. The molecule has 0 atom stereocenters. The first-order valence-corrected chi connectivity index (χ1v) is 4.77. The third-order valence-electron chi connectivity index (χ3n) is 0.678. The van der Waals surface area contributed by atoms with Crippen LogP contribution in [0.25, 0.3) is 0 Å². The third-order valence-corrected chi connectivity index (χ3v) is 1.42. The standard InChI is InChI=1S/C6H7O2.HI.Zn/c1-3-4-5-6(7)8-2;;/h1,3H2,2H3;1H;/q;;+1/p-1. The van der Waals surface area contributed by atoms with Crippen LogP contribution in [0.4, 0.5) is 0 Å². The van der Waals surface area contributed by atoms with Crippen LogP contribution in [0.3, 0.4) is 0 Å². The first-order chi connectivity index (χ1) is 4.31. The van der Waals surface area contributed by atoms with Crippen molar-refractivity contribution >= 4 is 5.97 Å². The van der Waals surface area contributed by atoms with Crippen molar-refractivity contribution in [3.63, 3.8) is 0 Å². The van der Waals surface area contributed by atoms with Gasteiger partial charge in [-0.2, -0.15) is 0 Å². The van der Waals surface area contributed by atoms with Gasteiger partial charge in [-0.15, -0.1) is 0 Å². The fourth-order valence-corrected chi connectivity index (χ4v) is 0.645. The summed E-state index contributed by atoms with van der Waals surface area (Å²) < 4.78 is 4.29. The Hall–Kier alpha value is 0.383. The predicted molar refractivity (Wildman–Crippen MR) is 29.2 cm³/mol. The van der Waals surface area contributed by atoms with E-state index in [0.29, 0.717) is 0 Å². The number of rotatable bonds is 1. The second kappa shape index (κ2) is 9.38. The van der Waals surface area contributed by atoms with Crippen molar-refractivity contribution in [2.75, 3.05) is 7.11 Å². The molecule has 0 aliphatic heterocycles. The first kappa shape index (κ1) is 13.0. The average Bonchev–Trinajstić information content (AvgIpc) is 1.89. The first-order valence-electron chi connectivity index (χ1n) is 2.67. The number of esters is 1. The van der Waals surface area contributed by atoms with Gasteiger partial charge in [0.1, 0.15) is 0 Å². The van der Waals surface area contributed by atoms with Crippen LogP contribution in [-0.2, 0) is 27.8 Å². The van der Waals surface area contributed by atoms with Gasteiger partial charge in [0.2, 0.25) is 0 Å². The van der Waals surface area contributed by atoms with E-state index in [1.807, 2.05) is 0 Å². The quantitative estimate of drug-likeness (QED) is 0.176. The van der Waals surface area contributed by atoms with Crippen LogP contribution >= 0.6 is 0 Å². The van der Waals surface area contributed by atoms with Crippen LogP contribution in [0.1, 0.15) is 6.42 Å².